The monoisotopic (exact) mass is 496 g/mol. The number of hydrogen-bond donors (Lipinski definition) is 2. The van der Waals surface area contributed by atoms with Gasteiger partial charge in [0.25, 0.3) is 5.69 Å². The zero-order valence-corrected chi connectivity index (χ0v) is 19.9. The maximum Gasteiger partial charge on any atom is 0.327 e. The summed E-state index contributed by atoms with van der Waals surface area (Å²) in [5, 5.41) is 14.9. The second-order valence-electron chi connectivity index (χ2n) is 8.01. The number of nitro benzene ring substituents is 1. The minimum atomic E-state index is -0.489. The molecular formula is C24H25ClN6O4. The van der Waals surface area contributed by atoms with Crippen LogP contribution < -0.4 is 11.0 Å². The fourth-order valence-electron chi connectivity index (χ4n) is 3.99. The van der Waals surface area contributed by atoms with Crippen LogP contribution in [0.3, 0.4) is 0 Å². The minimum Gasteiger partial charge on any atom is -0.381 e. The molecule has 0 amide bonds. The van der Waals surface area contributed by atoms with Crippen LogP contribution in [0, 0.1) is 10.1 Å². The number of halogens is 1. The Hall–Kier alpha value is -3.76. The highest BCUT2D eigenvalue weighted by atomic mass is 35.5. The Balaban J connectivity index is 1.83. The molecule has 2 aromatic heterocycles. The van der Waals surface area contributed by atoms with Gasteiger partial charge in [0.2, 0.25) is 0 Å². The van der Waals surface area contributed by atoms with Crippen molar-refractivity contribution >= 4 is 40.2 Å². The Morgan fingerprint density at radius 1 is 1.34 bits per heavy atom. The molecule has 0 bridgehead atoms. The van der Waals surface area contributed by atoms with E-state index in [9.17, 15) is 14.9 Å². The molecule has 3 heterocycles. The van der Waals surface area contributed by atoms with Gasteiger partial charge in [-0.15, -0.1) is 0 Å². The molecular weight excluding hydrogens is 472 g/mol. The minimum absolute atomic E-state index is 0.108. The molecule has 0 radical (unpaired) electrons. The molecule has 1 aliphatic rings. The number of nitrogens with zero attached hydrogens (tertiary/aromatic N) is 4. The number of pyridine rings is 1. The third-order valence-electron chi connectivity index (χ3n) is 5.80. The number of hydrogen-bond acceptors (Lipinski definition) is 6. The normalized spacial score (nSPS) is 14.6. The lowest BCUT2D eigenvalue weighted by atomic mass is 10.1. The van der Waals surface area contributed by atoms with Gasteiger partial charge < -0.3 is 15.0 Å². The molecule has 182 valence electrons. The molecule has 11 heteroatoms. The summed E-state index contributed by atoms with van der Waals surface area (Å²) in [7, 11) is 0. The van der Waals surface area contributed by atoms with Crippen molar-refractivity contribution in [1.29, 1.82) is 0 Å². The second kappa shape index (κ2) is 10.7. The Morgan fingerprint density at radius 3 is 2.71 bits per heavy atom. The molecule has 0 aliphatic carbocycles. The van der Waals surface area contributed by atoms with Crippen LogP contribution in [0.5, 0.6) is 0 Å². The molecule has 10 nitrogen and oxygen atoms in total. The topological polar surface area (TPSA) is 127 Å². The van der Waals surface area contributed by atoms with E-state index < -0.39 is 4.92 Å². The van der Waals surface area contributed by atoms with Crippen LogP contribution in [0.15, 0.2) is 59.1 Å². The fraction of sp³-hybridized carbons (Fsp3) is 0.292. The summed E-state index contributed by atoms with van der Waals surface area (Å²) in [4.78, 5) is 35.9. The summed E-state index contributed by atoms with van der Waals surface area (Å²) in [6, 6.07) is 7.76. The van der Waals surface area contributed by atoms with Crippen LogP contribution in [0.1, 0.15) is 43.5 Å². The summed E-state index contributed by atoms with van der Waals surface area (Å²) in [6.07, 6.45) is 5.03. The first-order valence-corrected chi connectivity index (χ1v) is 11.6. The first kappa shape index (κ1) is 24.4. The molecule has 4 rings (SSSR count). The van der Waals surface area contributed by atoms with Gasteiger partial charge in [0.05, 0.1) is 10.6 Å². The van der Waals surface area contributed by atoms with Crippen molar-refractivity contribution in [3.63, 3.8) is 0 Å². The number of benzene rings is 1. The van der Waals surface area contributed by atoms with Crippen molar-refractivity contribution < 1.29 is 9.66 Å². The van der Waals surface area contributed by atoms with Crippen LogP contribution in [0.25, 0.3) is 5.57 Å². The molecule has 3 aromatic rings. The number of aromatic amines is 1. The first-order chi connectivity index (χ1) is 16.9. The number of ether oxygens (including phenoxy) is 1. The van der Waals surface area contributed by atoms with Gasteiger partial charge in [0.15, 0.2) is 5.82 Å². The number of H-pyrrole nitrogens is 1. The first-order valence-electron chi connectivity index (χ1n) is 11.2. The Labute approximate surface area is 206 Å². The molecule has 0 atom stereocenters. The quantitative estimate of drug-likeness (QED) is 0.203. The van der Waals surface area contributed by atoms with E-state index in [-0.39, 0.29) is 23.1 Å². The van der Waals surface area contributed by atoms with Crippen molar-refractivity contribution in [2.45, 2.75) is 32.2 Å². The summed E-state index contributed by atoms with van der Waals surface area (Å²) < 4.78 is 7.11. The lowest BCUT2D eigenvalue weighted by Crippen LogP contribution is -2.27. The maximum absolute atomic E-state index is 13.1. The molecule has 1 saturated heterocycles. The second-order valence-corrected chi connectivity index (χ2v) is 8.45. The highest BCUT2D eigenvalue weighted by molar-refractivity contribution is 6.31. The van der Waals surface area contributed by atoms with Gasteiger partial charge in [-0.05, 0) is 42.7 Å². The van der Waals surface area contributed by atoms with E-state index in [0.717, 1.165) is 5.56 Å². The molecule has 0 unspecified atom stereocenters. The van der Waals surface area contributed by atoms with E-state index >= 15 is 0 Å². The molecule has 0 saturated carbocycles. The summed E-state index contributed by atoms with van der Waals surface area (Å²) in [5.41, 5.74) is 1.62. The molecule has 35 heavy (non-hydrogen) atoms. The van der Waals surface area contributed by atoms with Crippen LogP contribution in [-0.2, 0) is 4.74 Å². The van der Waals surface area contributed by atoms with E-state index in [1.165, 1.54) is 18.2 Å². The lowest BCUT2D eigenvalue weighted by Gasteiger charge is -2.24. The van der Waals surface area contributed by atoms with Crippen LogP contribution in [-0.4, -0.2) is 38.5 Å². The fourth-order valence-corrected chi connectivity index (χ4v) is 4.16. The zero-order valence-electron chi connectivity index (χ0n) is 19.2. The highest BCUT2D eigenvalue weighted by Crippen LogP contribution is 2.33. The van der Waals surface area contributed by atoms with Crippen molar-refractivity contribution in [1.82, 2.24) is 14.5 Å². The van der Waals surface area contributed by atoms with Crippen molar-refractivity contribution in [2.24, 2.45) is 4.99 Å². The van der Waals surface area contributed by atoms with Crippen LogP contribution in [0.4, 0.5) is 17.2 Å². The van der Waals surface area contributed by atoms with E-state index in [2.05, 4.69) is 21.9 Å². The van der Waals surface area contributed by atoms with E-state index in [4.69, 9.17) is 21.3 Å². The zero-order chi connectivity index (χ0) is 24.9. The van der Waals surface area contributed by atoms with Gasteiger partial charge >= 0.3 is 5.69 Å². The van der Waals surface area contributed by atoms with Crippen LogP contribution >= 0.6 is 11.6 Å². The van der Waals surface area contributed by atoms with Crippen molar-refractivity contribution in [2.75, 3.05) is 18.5 Å². The molecule has 1 aromatic carbocycles. The lowest BCUT2D eigenvalue weighted by molar-refractivity contribution is -0.383. The predicted octanol–water partition coefficient (Wildman–Crippen LogP) is 5.10. The summed E-state index contributed by atoms with van der Waals surface area (Å²) in [6.45, 7) is 7.14. The van der Waals surface area contributed by atoms with E-state index in [0.29, 0.717) is 60.4 Å². The largest absolute Gasteiger partial charge is 0.381 e. The number of imidazole rings is 1. The molecule has 1 fully saturated rings. The van der Waals surface area contributed by atoms with Crippen LogP contribution in [0.2, 0.25) is 5.02 Å². The number of nitro groups is 1. The van der Waals surface area contributed by atoms with Crippen molar-refractivity contribution in [3.8, 4) is 0 Å². The number of aromatic nitrogens is 3. The SMILES string of the molecule is C=C(c1ccncc1)c1[nH]c(=O)n(C2CCOCC2)c1/N=C(\CC)Nc1cc(Cl)ccc1[N+](=O)[O-]. The average Bonchev–Trinajstić information content (AvgIpc) is 3.19. The molecule has 2 N–H and O–H groups in total. The van der Waals surface area contributed by atoms with E-state index in [1.54, 1.807) is 29.1 Å². The maximum atomic E-state index is 13.1. The van der Waals surface area contributed by atoms with Gasteiger partial charge in [-0.3, -0.25) is 19.7 Å². The number of nitrogens with one attached hydrogen (secondary N) is 2. The number of rotatable bonds is 7. The Morgan fingerprint density at radius 2 is 2.06 bits per heavy atom. The predicted molar refractivity (Wildman–Crippen MR) is 136 cm³/mol. The Bertz CT molecular complexity index is 1330. The number of amidine groups is 1. The van der Waals surface area contributed by atoms with Gasteiger partial charge in [-0.25, -0.2) is 9.79 Å². The Kier molecular flexibility index (Phi) is 7.42. The summed E-state index contributed by atoms with van der Waals surface area (Å²) >= 11 is 6.09. The van der Waals surface area contributed by atoms with Crippen molar-refractivity contribution in [3.05, 3.63) is 86.2 Å². The van der Waals surface area contributed by atoms with Gasteiger partial charge in [0.1, 0.15) is 11.5 Å². The van der Waals surface area contributed by atoms with Gasteiger partial charge in [-0.2, -0.15) is 0 Å². The molecule has 1 aliphatic heterocycles. The number of aliphatic imine (C=N–C) groups is 1. The van der Waals surface area contributed by atoms with Gasteiger partial charge in [0, 0.05) is 54.7 Å². The summed E-state index contributed by atoms with van der Waals surface area (Å²) in [5.74, 6) is 0.830. The van der Waals surface area contributed by atoms with E-state index in [1.807, 2.05) is 6.92 Å². The smallest absolute Gasteiger partial charge is 0.327 e. The average molecular weight is 497 g/mol. The third-order valence-corrected chi connectivity index (χ3v) is 6.03. The number of anilines is 1. The van der Waals surface area contributed by atoms with Gasteiger partial charge in [-0.1, -0.05) is 25.1 Å². The highest BCUT2D eigenvalue weighted by Gasteiger charge is 2.25. The molecule has 0 spiro atoms. The third kappa shape index (κ3) is 5.33. The standard InChI is InChI=1S/C24H25ClN6O4/c1-3-21(27-19-14-17(25)4-5-20(19)31(33)34)28-23-22(15(2)16-6-10-26-11-7-16)29-24(32)30(23)18-8-12-35-13-9-18/h4-7,10-11,14,18H,2-3,8-9,12-13H2,1H3,(H,27,28)(H,29,32).